The minimum atomic E-state index is 0.580. The Labute approximate surface area is 96.3 Å². The maximum absolute atomic E-state index is 4.11. The van der Waals surface area contributed by atoms with E-state index in [1.807, 2.05) is 0 Å². The molecule has 0 saturated heterocycles. The first-order chi connectivity index (χ1) is 6.82. The molecule has 1 atom stereocenters. The molecule has 1 nitrogen and oxygen atoms in total. The van der Waals surface area contributed by atoms with E-state index in [0.29, 0.717) is 17.9 Å². The van der Waals surface area contributed by atoms with E-state index in [2.05, 4.69) is 53.4 Å². The van der Waals surface area contributed by atoms with Crippen LogP contribution in [0.15, 0.2) is 12.3 Å². The molecule has 1 N–H and O–H groups in total. The van der Waals surface area contributed by atoms with E-state index in [-0.39, 0.29) is 0 Å². The third-order valence-electron chi connectivity index (χ3n) is 2.57. The van der Waals surface area contributed by atoms with Gasteiger partial charge in [0.1, 0.15) is 0 Å². The van der Waals surface area contributed by atoms with Crippen molar-refractivity contribution in [1.29, 1.82) is 0 Å². The molecule has 0 aromatic carbocycles. The molecular weight excluding hydrogens is 182 g/mol. The Hall–Kier alpha value is -0.460. The highest BCUT2D eigenvalue weighted by molar-refractivity contribution is 4.95. The van der Waals surface area contributed by atoms with Crippen LogP contribution >= 0.6 is 0 Å². The van der Waals surface area contributed by atoms with Crippen LogP contribution in [-0.4, -0.2) is 6.04 Å². The number of rotatable bonds is 7. The monoisotopic (exact) mass is 211 g/mol. The summed E-state index contributed by atoms with van der Waals surface area (Å²) in [6.45, 7) is 17.7. The van der Waals surface area contributed by atoms with Crippen LogP contribution in [-0.2, 0) is 0 Å². The summed E-state index contributed by atoms with van der Waals surface area (Å²) in [6.07, 6.45) is 2.32. The standard InChI is InChI=1S/C14H29N/c1-10(2)8-13(7)15-14(12(5)6)9-11(3)4/h10-12,14-15H,7-9H2,1-6H3. The van der Waals surface area contributed by atoms with Gasteiger partial charge in [-0.3, -0.25) is 0 Å². The molecule has 0 spiro atoms. The fourth-order valence-corrected chi connectivity index (χ4v) is 1.82. The summed E-state index contributed by atoms with van der Waals surface area (Å²) < 4.78 is 0. The van der Waals surface area contributed by atoms with Gasteiger partial charge in [-0.15, -0.1) is 0 Å². The van der Waals surface area contributed by atoms with Crippen LogP contribution in [0.2, 0.25) is 0 Å². The molecule has 0 aromatic rings. The largest absolute Gasteiger partial charge is 0.386 e. The van der Waals surface area contributed by atoms with E-state index >= 15 is 0 Å². The summed E-state index contributed by atoms with van der Waals surface area (Å²) in [4.78, 5) is 0. The maximum Gasteiger partial charge on any atom is 0.0283 e. The van der Waals surface area contributed by atoms with Gasteiger partial charge in [0, 0.05) is 11.7 Å². The first kappa shape index (κ1) is 14.5. The second kappa shape index (κ2) is 6.92. The van der Waals surface area contributed by atoms with E-state index in [9.17, 15) is 0 Å². The molecule has 0 aromatic heterocycles. The fourth-order valence-electron chi connectivity index (χ4n) is 1.82. The molecule has 0 aliphatic heterocycles. The molecule has 0 heterocycles. The zero-order valence-corrected chi connectivity index (χ0v) is 11.4. The van der Waals surface area contributed by atoms with E-state index in [4.69, 9.17) is 0 Å². The Morgan fingerprint density at radius 2 is 1.53 bits per heavy atom. The van der Waals surface area contributed by atoms with E-state index in [0.717, 1.165) is 12.3 Å². The zero-order valence-electron chi connectivity index (χ0n) is 11.4. The SMILES string of the molecule is C=C(CC(C)C)NC(CC(C)C)C(C)C. The van der Waals surface area contributed by atoms with Crippen LogP contribution < -0.4 is 5.32 Å². The van der Waals surface area contributed by atoms with E-state index in [1.54, 1.807) is 0 Å². The quantitative estimate of drug-likeness (QED) is 0.665. The van der Waals surface area contributed by atoms with Crippen molar-refractivity contribution in [1.82, 2.24) is 5.32 Å². The lowest BCUT2D eigenvalue weighted by Crippen LogP contribution is -2.34. The first-order valence-electron chi connectivity index (χ1n) is 6.27. The second-order valence-electron chi connectivity index (χ2n) is 5.83. The lowest BCUT2D eigenvalue weighted by molar-refractivity contribution is 0.354. The summed E-state index contributed by atoms with van der Waals surface area (Å²) in [5.41, 5.74) is 1.20. The lowest BCUT2D eigenvalue weighted by atomic mass is 9.94. The van der Waals surface area contributed by atoms with Crippen LogP contribution in [0, 0.1) is 17.8 Å². The van der Waals surface area contributed by atoms with E-state index in [1.165, 1.54) is 12.1 Å². The fraction of sp³-hybridized carbons (Fsp3) is 0.857. The second-order valence-corrected chi connectivity index (χ2v) is 5.83. The number of allylic oxidation sites excluding steroid dienone is 1. The third kappa shape index (κ3) is 7.47. The van der Waals surface area contributed by atoms with Crippen LogP contribution in [0.4, 0.5) is 0 Å². The maximum atomic E-state index is 4.11. The molecule has 1 unspecified atom stereocenters. The van der Waals surface area contributed by atoms with Gasteiger partial charge >= 0.3 is 0 Å². The highest BCUT2D eigenvalue weighted by atomic mass is 14.9. The molecular formula is C14H29N. The van der Waals surface area contributed by atoms with Gasteiger partial charge < -0.3 is 5.32 Å². The summed E-state index contributed by atoms with van der Waals surface area (Å²) in [7, 11) is 0. The molecule has 0 radical (unpaired) electrons. The molecule has 0 fully saturated rings. The Kier molecular flexibility index (Phi) is 6.71. The Morgan fingerprint density at radius 3 is 1.87 bits per heavy atom. The smallest absolute Gasteiger partial charge is 0.0283 e. The lowest BCUT2D eigenvalue weighted by Gasteiger charge is -2.27. The highest BCUT2D eigenvalue weighted by Gasteiger charge is 2.15. The van der Waals surface area contributed by atoms with Crippen molar-refractivity contribution >= 4 is 0 Å². The van der Waals surface area contributed by atoms with Crippen molar-refractivity contribution in [2.24, 2.45) is 17.8 Å². The molecule has 0 aliphatic rings. The van der Waals surface area contributed by atoms with Crippen LogP contribution in [0.5, 0.6) is 0 Å². The molecule has 90 valence electrons. The minimum absolute atomic E-state index is 0.580. The molecule has 0 aliphatic carbocycles. The highest BCUT2D eigenvalue weighted by Crippen LogP contribution is 2.16. The summed E-state index contributed by atoms with van der Waals surface area (Å²) in [5, 5.41) is 3.58. The van der Waals surface area contributed by atoms with Gasteiger partial charge in [-0.05, 0) is 30.6 Å². The zero-order chi connectivity index (χ0) is 12.0. The van der Waals surface area contributed by atoms with Gasteiger partial charge in [0.25, 0.3) is 0 Å². The molecule has 0 amide bonds. The van der Waals surface area contributed by atoms with Crippen molar-refractivity contribution in [3.8, 4) is 0 Å². The Balaban J connectivity index is 4.10. The van der Waals surface area contributed by atoms with Crippen LogP contribution in [0.25, 0.3) is 0 Å². The summed E-state index contributed by atoms with van der Waals surface area (Å²) in [6, 6.07) is 0.580. The van der Waals surface area contributed by atoms with Gasteiger partial charge in [0.05, 0.1) is 0 Å². The normalized spacial score (nSPS) is 13.7. The van der Waals surface area contributed by atoms with Crippen LogP contribution in [0.1, 0.15) is 54.4 Å². The van der Waals surface area contributed by atoms with Crippen LogP contribution in [0.3, 0.4) is 0 Å². The third-order valence-corrected chi connectivity index (χ3v) is 2.57. The van der Waals surface area contributed by atoms with E-state index < -0.39 is 0 Å². The Bertz CT molecular complexity index is 180. The van der Waals surface area contributed by atoms with Gasteiger partial charge in [-0.1, -0.05) is 48.1 Å². The summed E-state index contributed by atoms with van der Waals surface area (Å²) >= 11 is 0. The molecule has 15 heavy (non-hydrogen) atoms. The first-order valence-corrected chi connectivity index (χ1v) is 6.27. The molecule has 1 heteroatoms. The number of hydrogen-bond donors (Lipinski definition) is 1. The van der Waals surface area contributed by atoms with Crippen molar-refractivity contribution in [2.45, 2.75) is 60.4 Å². The van der Waals surface area contributed by atoms with Crippen molar-refractivity contribution in [3.05, 3.63) is 12.3 Å². The van der Waals surface area contributed by atoms with Crippen molar-refractivity contribution < 1.29 is 0 Å². The molecule has 0 rings (SSSR count). The van der Waals surface area contributed by atoms with Crippen molar-refractivity contribution in [3.63, 3.8) is 0 Å². The van der Waals surface area contributed by atoms with Crippen molar-refractivity contribution in [2.75, 3.05) is 0 Å². The molecule has 0 bridgehead atoms. The van der Waals surface area contributed by atoms with Gasteiger partial charge in [-0.2, -0.15) is 0 Å². The predicted octanol–water partition coefficient (Wildman–Crippen LogP) is 4.21. The van der Waals surface area contributed by atoms with Gasteiger partial charge in [0.15, 0.2) is 0 Å². The van der Waals surface area contributed by atoms with Gasteiger partial charge in [0.2, 0.25) is 0 Å². The predicted molar refractivity (Wildman–Crippen MR) is 69.8 cm³/mol. The molecule has 0 saturated carbocycles. The number of hydrogen-bond acceptors (Lipinski definition) is 1. The summed E-state index contributed by atoms with van der Waals surface area (Å²) in [5.74, 6) is 2.12. The topological polar surface area (TPSA) is 12.0 Å². The average Bonchev–Trinajstić information content (AvgIpc) is 1.99. The van der Waals surface area contributed by atoms with Gasteiger partial charge in [-0.25, -0.2) is 0 Å². The average molecular weight is 211 g/mol. The Morgan fingerprint density at radius 1 is 1.00 bits per heavy atom. The minimum Gasteiger partial charge on any atom is -0.386 e. The number of nitrogens with one attached hydrogen (secondary N) is 1.